The summed E-state index contributed by atoms with van der Waals surface area (Å²) >= 11 is 3.47. The molecule has 1 fully saturated rings. The quantitative estimate of drug-likeness (QED) is 0.180. The van der Waals surface area contributed by atoms with Gasteiger partial charge in [0.15, 0.2) is 5.82 Å². The van der Waals surface area contributed by atoms with Crippen LogP contribution in [-0.4, -0.2) is 66.5 Å². The molecule has 2 aromatic heterocycles. The Balaban J connectivity index is 1.27. The van der Waals surface area contributed by atoms with Crippen molar-refractivity contribution in [1.82, 2.24) is 20.4 Å². The van der Waals surface area contributed by atoms with E-state index in [-0.39, 0.29) is 0 Å². The Morgan fingerprint density at radius 1 is 1.00 bits per heavy atom. The first-order valence-corrected chi connectivity index (χ1v) is 14.3. The van der Waals surface area contributed by atoms with Crippen LogP contribution in [0.1, 0.15) is 35.9 Å². The smallest absolute Gasteiger partial charge is 0.274 e. The summed E-state index contributed by atoms with van der Waals surface area (Å²) < 4.78 is 11.8. The van der Waals surface area contributed by atoms with E-state index >= 15 is 0 Å². The summed E-state index contributed by atoms with van der Waals surface area (Å²) in [5.74, 6) is 7.55. The summed E-state index contributed by atoms with van der Waals surface area (Å²) in [6, 6.07) is 8.14. The van der Waals surface area contributed by atoms with Gasteiger partial charge < -0.3 is 24.4 Å². The molecule has 1 saturated heterocycles. The Kier molecular flexibility index (Phi) is 11.9. The first-order valence-electron chi connectivity index (χ1n) is 12.0. The van der Waals surface area contributed by atoms with Crippen molar-refractivity contribution in [2.24, 2.45) is 0 Å². The molecule has 0 amide bonds. The minimum absolute atomic E-state index is 0.435. The molecule has 2 aromatic rings. The van der Waals surface area contributed by atoms with Crippen LogP contribution in [0.25, 0.3) is 0 Å². The van der Waals surface area contributed by atoms with Crippen LogP contribution in [-0.2, 0) is 24.6 Å². The van der Waals surface area contributed by atoms with Crippen LogP contribution in [0.3, 0.4) is 0 Å². The van der Waals surface area contributed by atoms with Gasteiger partial charge >= 0.3 is 0 Å². The van der Waals surface area contributed by atoms with E-state index < -0.39 is 4.92 Å². The zero-order valence-corrected chi connectivity index (χ0v) is 22.3. The fraction of sp³-hybridized carbons (Fsp3) is 0.583. The molecule has 2 N–H and O–H groups in total. The maximum Gasteiger partial charge on any atom is 0.274 e. The van der Waals surface area contributed by atoms with Crippen LogP contribution in [0, 0.1) is 10.1 Å². The molecule has 0 radical (unpaired) electrons. The topological polar surface area (TPSA) is 100.0 Å². The average molecular weight is 524 g/mol. The maximum absolute atomic E-state index is 11.0. The van der Waals surface area contributed by atoms with Crippen LogP contribution < -0.4 is 10.6 Å². The van der Waals surface area contributed by atoms with Crippen LogP contribution in [0.15, 0.2) is 45.1 Å². The lowest BCUT2D eigenvalue weighted by Gasteiger charge is -2.12. The van der Waals surface area contributed by atoms with Crippen molar-refractivity contribution in [2.75, 3.05) is 51.8 Å². The summed E-state index contributed by atoms with van der Waals surface area (Å²) in [7, 11) is 4.02. The van der Waals surface area contributed by atoms with Gasteiger partial charge in [0.1, 0.15) is 23.0 Å². The highest BCUT2D eigenvalue weighted by Gasteiger charge is 2.13. The Morgan fingerprint density at radius 2 is 1.54 bits per heavy atom. The van der Waals surface area contributed by atoms with Crippen molar-refractivity contribution < 1.29 is 13.8 Å². The number of furan rings is 2. The number of nitrogens with zero attached hydrogens (tertiary/aromatic N) is 3. The highest BCUT2D eigenvalue weighted by Crippen LogP contribution is 2.19. The highest BCUT2D eigenvalue weighted by atomic mass is 32.2. The summed E-state index contributed by atoms with van der Waals surface area (Å²) in [6.45, 7) is 5.25. The number of nitro groups is 1. The van der Waals surface area contributed by atoms with Crippen molar-refractivity contribution in [3.8, 4) is 0 Å². The lowest BCUT2D eigenvalue weighted by Crippen LogP contribution is -2.30. The van der Waals surface area contributed by atoms with Crippen LogP contribution in [0.5, 0.6) is 0 Å². The van der Waals surface area contributed by atoms with E-state index in [2.05, 4.69) is 32.6 Å². The third-order valence-corrected chi connectivity index (χ3v) is 7.29. The van der Waals surface area contributed by atoms with E-state index in [9.17, 15) is 10.1 Å². The second-order valence-electron chi connectivity index (χ2n) is 8.74. The van der Waals surface area contributed by atoms with Crippen molar-refractivity contribution in [1.29, 1.82) is 0 Å². The van der Waals surface area contributed by atoms with Gasteiger partial charge in [-0.15, -0.1) is 0 Å². The Labute approximate surface area is 216 Å². The van der Waals surface area contributed by atoms with Crippen molar-refractivity contribution in [2.45, 2.75) is 37.4 Å². The molecule has 0 spiro atoms. The molecule has 0 saturated carbocycles. The van der Waals surface area contributed by atoms with E-state index in [0.717, 1.165) is 78.4 Å². The zero-order valence-electron chi connectivity index (χ0n) is 20.7. The largest absolute Gasteiger partial charge is 0.464 e. The monoisotopic (exact) mass is 523 g/mol. The first kappa shape index (κ1) is 27.5. The van der Waals surface area contributed by atoms with Gasteiger partial charge in [-0.2, -0.15) is 23.5 Å². The highest BCUT2D eigenvalue weighted by molar-refractivity contribution is 7.98. The lowest BCUT2D eigenvalue weighted by molar-refractivity contribution is -0.404. The minimum Gasteiger partial charge on any atom is -0.464 e. The number of likely N-dealkylation sites (tertiary alicyclic amines) is 1. The molecule has 0 atom stereocenters. The van der Waals surface area contributed by atoms with E-state index in [4.69, 9.17) is 8.83 Å². The van der Waals surface area contributed by atoms with E-state index in [1.54, 1.807) is 23.5 Å². The van der Waals surface area contributed by atoms with Gasteiger partial charge in [-0.25, -0.2) is 0 Å². The fourth-order valence-electron chi connectivity index (χ4n) is 3.76. The molecule has 0 aliphatic carbocycles. The molecule has 0 unspecified atom stereocenters. The standard InChI is InChI=1S/C24H37N5O4S2/c1-27(2)15-20-5-7-22(32-20)18-34-13-9-25-24(17-29(30)31)26-10-14-35-19-23-8-6-21(33-23)16-28-11-3-4-12-28/h5-8,17,25-26H,3-4,9-16,18-19H2,1-2H3/b24-17-. The Morgan fingerprint density at radius 3 is 2.11 bits per heavy atom. The normalized spacial score (nSPS) is 14.7. The second kappa shape index (κ2) is 15.1. The molecule has 9 nitrogen and oxygen atoms in total. The molecule has 3 rings (SSSR count). The first-order chi connectivity index (χ1) is 17.0. The fourth-order valence-corrected chi connectivity index (χ4v) is 5.26. The predicted octanol–water partition coefficient (Wildman–Crippen LogP) is 3.95. The molecule has 0 aromatic carbocycles. The van der Waals surface area contributed by atoms with Gasteiger partial charge in [-0.1, -0.05) is 0 Å². The molecular weight excluding hydrogens is 486 g/mol. The summed E-state index contributed by atoms with van der Waals surface area (Å²) in [5, 5.41) is 17.2. The number of nitrogens with one attached hydrogen (secondary N) is 2. The van der Waals surface area contributed by atoms with E-state index in [1.807, 2.05) is 26.2 Å². The van der Waals surface area contributed by atoms with E-state index in [1.165, 1.54) is 12.8 Å². The minimum atomic E-state index is -0.435. The van der Waals surface area contributed by atoms with Crippen molar-refractivity contribution >= 4 is 23.5 Å². The molecule has 11 heteroatoms. The van der Waals surface area contributed by atoms with Gasteiger partial charge in [-0.05, 0) is 64.3 Å². The van der Waals surface area contributed by atoms with Crippen molar-refractivity contribution in [3.05, 3.63) is 69.4 Å². The summed E-state index contributed by atoms with van der Waals surface area (Å²) in [4.78, 5) is 15.0. The molecular formula is C24H37N5O4S2. The second-order valence-corrected chi connectivity index (χ2v) is 11.0. The lowest BCUT2D eigenvalue weighted by atomic mass is 10.4. The SMILES string of the molecule is CN(C)Cc1ccc(CSCCN/C(=C/[N+](=O)[O-])NCCSCc2ccc(CN3CCCC3)o2)o1. The number of rotatable bonds is 17. The molecule has 1 aliphatic heterocycles. The predicted molar refractivity (Wildman–Crippen MR) is 143 cm³/mol. The van der Waals surface area contributed by atoms with Gasteiger partial charge in [0.05, 0.1) is 29.5 Å². The van der Waals surface area contributed by atoms with Gasteiger partial charge in [0, 0.05) is 24.6 Å². The van der Waals surface area contributed by atoms with Gasteiger partial charge in [0.25, 0.3) is 6.20 Å². The molecule has 0 bridgehead atoms. The molecule has 35 heavy (non-hydrogen) atoms. The van der Waals surface area contributed by atoms with E-state index in [0.29, 0.717) is 18.9 Å². The Bertz CT molecular complexity index is 925. The number of hydrogen-bond donors (Lipinski definition) is 2. The third-order valence-electron chi connectivity index (χ3n) is 5.33. The van der Waals surface area contributed by atoms with Crippen molar-refractivity contribution in [3.63, 3.8) is 0 Å². The van der Waals surface area contributed by atoms with Crippen LogP contribution in [0.4, 0.5) is 0 Å². The number of hydrogen-bond acceptors (Lipinski definition) is 10. The third kappa shape index (κ3) is 11.0. The maximum atomic E-state index is 11.0. The molecule has 3 heterocycles. The Hall–Kier alpha value is -2.08. The number of thioether (sulfide) groups is 2. The average Bonchev–Trinajstić information content (AvgIpc) is 3.56. The summed E-state index contributed by atoms with van der Waals surface area (Å²) in [5.41, 5.74) is 0. The van der Waals surface area contributed by atoms with Crippen LogP contribution in [0.2, 0.25) is 0 Å². The van der Waals surface area contributed by atoms with Gasteiger partial charge in [0.2, 0.25) is 0 Å². The zero-order chi connectivity index (χ0) is 24.9. The molecule has 1 aliphatic rings. The van der Waals surface area contributed by atoms with Gasteiger partial charge in [-0.3, -0.25) is 15.0 Å². The summed E-state index contributed by atoms with van der Waals surface area (Å²) in [6.07, 6.45) is 3.55. The van der Waals surface area contributed by atoms with Crippen LogP contribution >= 0.6 is 23.5 Å². The molecule has 194 valence electrons.